The zero-order valence-electron chi connectivity index (χ0n) is 30.1. The van der Waals surface area contributed by atoms with Crippen LogP contribution in [0.4, 0.5) is 0 Å². The minimum atomic E-state index is -2.30. The average molecular weight is 614 g/mol. The van der Waals surface area contributed by atoms with Crippen LogP contribution in [0.15, 0.2) is 132 Å². The molecule has 0 bridgehead atoms. The molecule has 8 aromatic rings. The van der Waals surface area contributed by atoms with Crippen molar-refractivity contribution in [1.82, 2.24) is 9.55 Å². The van der Waals surface area contributed by atoms with Crippen LogP contribution < -0.4 is 0 Å². The van der Waals surface area contributed by atoms with E-state index >= 15 is 0 Å². The Morgan fingerprint density at radius 2 is 1.19 bits per heavy atom. The predicted octanol–water partition coefficient (Wildman–Crippen LogP) is 12.5. The second-order valence-corrected chi connectivity index (χ2v) is 13.0. The molecule has 6 aromatic carbocycles. The molecule has 3 heteroatoms. The topological polar surface area (TPSA) is 31.0 Å². The number of aryl methyl sites for hydroxylation is 1. The van der Waals surface area contributed by atoms with Crippen molar-refractivity contribution in [2.24, 2.45) is 0 Å². The largest absolute Gasteiger partial charge is 0.455 e. The third-order valence-corrected chi connectivity index (χ3v) is 9.29. The summed E-state index contributed by atoms with van der Waals surface area (Å²) in [5.41, 5.74) is 12.3. The van der Waals surface area contributed by atoms with Crippen molar-refractivity contribution in [1.29, 1.82) is 0 Å². The first-order valence-corrected chi connectivity index (χ1v) is 16.4. The molecular weight excluding hydrogens is 572 g/mol. The lowest BCUT2D eigenvalue weighted by Gasteiger charge is -2.24. The first-order valence-electron chi connectivity index (χ1n) is 17.9. The molecule has 0 saturated heterocycles. The molecule has 3 nitrogen and oxygen atoms in total. The molecule has 0 spiro atoms. The van der Waals surface area contributed by atoms with Crippen LogP contribution in [-0.4, -0.2) is 9.55 Å². The number of hydrogen-bond acceptors (Lipinski definition) is 2. The van der Waals surface area contributed by atoms with E-state index in [1.165, 1.54) is 33.4 Å². The van der Waals surface area contributed by atoms with Crippen LogP contribution in [0.25, 0.3) is 72.3 Å². The van der Waals surface area contributed by atoms with E-state index in [9.17, 15) is 0 Å². The number of hydrogen-bond donors (Lipinski definition) is 0. The third-order valence-electron chi connectivity index (χ3n) is 9.29. The van der Waals surface area contributed by atoms with Crippen molar-refractivity contribution in [3.05, 3.63) is 144 Å². The highest BCUT2D eigenvalue weighted by Crippen LogP contribution is 2.43. The Balaban J connectivity index is 1.38. The molecule has 2 aromatic heterocycles. The van der Waals surface area contributed by atoms with Gasteiger partial charge in [0.2, 0.25) is 0 Å². The van der Waals surface area contributed by atoms with Crippen LogP contribution >= 0.6 is 0 Å². The molecule has 8 rings (SSSR count). The van der Waals surface area contributed by atoms with Crippen LogP contribution in [0.3, 0.4) is 0 Å². The van der Waals surface area contributed by atoms with Crippen molar-refractivity contribution in [3.8, 4) is 39.3 Å². The van der Waals surface area contributed by atoms with Crippen LogP contribution in [0, 0.1) is 6.85 Å². The normalized spacial score (nSPS) is 13.1. The van der Waals surface area contributed by atoms with Gasteiger partial charge in [-0.2, -0.15) is 0 Å². The van der Waals surface area contributed by atoms with Gasteiger partial charge in [-0.05, 0) is 88.0 Å². The smallest absolute Gasteiger partial charge is 0.149 e. The van der Waals surface area contributed by atoms with Crippen LogP contribution in [0.5, 0.6) is 0 Å². The van der Waals surface area contributed by atoms with E-state index in [4.69, 9.17) is 13.5 Å². The van der Waals surface area contributed by atoms with E-state index in [1.807, 2.05) is 42.5 Å². The molecule has 0 aliphatic heterocycles. The molecule has 0 atom stereocenters. The summed E-state index contributed by atoms with van der Waals surface area (Å²) in [5.74, 6) is 1.18. The van der Waals surface area contributed by atoms with Crippen LogP contribution in [0.2, 0.25) is 0 Å². The minimum absolute atomic E-state index is 0.210. The number of rotatable bonds is 6. The van der Waals surface area contributed by atoms with Gasteiger partial charge in [-0.1, -0.05) is 125 Å². The lowest BCUT2D eigenvalue weighted by atomic mass is 9.87. The third kappa shape index (κ3) is 4.85. The summed E-state index contributed by atoms with van der Waals surface area (Å²) >= 11 is 0. The Labute approximate surface area is 280 Å². The van der Waals surface area contributed by atoms with E-state index in [-0.39, 0.29) is 17.4 Å². The van der Waals surface area contributed by atoms with Crippen molar-refractivity contribution in [2.45, 2.75) is 46.4 Å². The highest BCUT2D eigenvalue weighted by molar-refractivity contribution is 6.10. The summed E-state index contributed by atoms with van der Waals surface area (Å²) in [7, 11) is 0. The fourth-order valence-corrected chi connectivity index (χ4v) is 6.90. The SMILES string of the molecule is [2H]C([2H])([2H])c1cccc2c1oc1c(-c3nc4ccccc4n3-c3c(C(C)C)cc(-c4ccc(-c5ccccc5)cc4)cc3C(C)C)cccc12. The second kappa shape index (κ2) is 11.4. The van der Waals surface area contributed by atoms with Gasteiger partial charge < -0.3 is 4.42 Å². The summed E-state index contributed by atoms with van der Waals surface area (Å²) in [6.45, 7) is 6.70. The fourth-order valence-electron chi connectivity index (χ4n) is 6.90. The van der Waals surface area contributed by atoms with Gasteiger partial charge in [0.25, 0.3) is 0 Å². The lowest BCUT2D eigenvalue weighted by Crippen LogP contribution is -2.09. The molecule has 0 amide bonds. The summed E-state index contributed by atoms with van der Waals surface area (Å²) in [6.07, 6.45) is 0. The van der Waals surface area contributed by atoms with Gasteiger partial charge in [0.1, 0.15) is 17.0 Å². The van der Waals surface area contributed by atoms with E-state index in [2.05, 4.69) is 105 Å². The van der Waals surface area contributed by atoms with Crippen molar-refractivity contribution < 1.29 is 8.53 Å². The Hall–Kier alpha value is -5.41. The lowest BCUT2D eigenvalue weighted by molar-refractivity contribution is 0.666. The number of para-hydroxylation sites is 4. The maximum absolute atomic E-state index is 8.18. The average Bonchev–Trinajstić information content (AvgIpc) is 3.70. The molecule has 2 heterocycles. The first kappa shape index (κ1) is 25.7. The number of fused-ring (bicyclic) bond motifs is 4. The summed E-state index contributed by atoms with van der Waals surface area (Å²) < 4.78 is 33.4. The van der Waals surface area contributed by atoms with E-state index in [0.29, 0.717) is 11.2 Å². The number of furan rings is 1. The molecule has 0 aliphatic carbocycles. The van der Waals surface area contributed by atoms with E-state index in [0.717, 1.165) is 38.9 Å². The zero-order valence-corrected chi connectivity index (χ0v) is 27.1. The van der Waals surface area contributed by atoms with Gasteiger partial charge in [-0.3, -0.25) is 4.57 Å². The molecule has 0 unspecified atom stereocenters. The maximum Gasteiger partial charge on any atom is 0.149 e. The van der Waals surface area contributed by atoms with Gasteiger partial charge in [-0.15, -0.1) is 0 Å². The predicted molar refractivity (Wildman–Crippen MR) is 198 cm³/mol. The Kier molecular flexibility index (Phi) is 6.26. The highest BCUT2D eigenvalue weighted by atomic mass is 16.3. The second-order valence-electron chi connectivity index (χ2n) is 13.0. The van der Waals surface area contributed by atoms with Crippen molar-refractivity contribution in [2.75, 3.05) is 0 Å². The first-order chi connectivity index (χ1) is 24.1. The Bertz CT molecular complexity index is 2490. The van der Waals surface area contributed by atoms with Gasteiger partial charge in [0.05, 0.1) is 22.3 Å². The Morgan fingerprint density at radius 3 is 1.87 bits per heavy atom. The summed E-state index contributed by atoms with van der Waals surface area (Å²) in [4.78, 5) is 5.26. The van der Waals surface area contributed by atoms with Crippen LogP contribution in [-0.2, 0) is 0 Å². The Morgan fingerprint density at radius 1 is 0.596 bits per heavy atom. The molecule has 230 valence electrons. The molecule has 0 saturated carbocycles. The fraction of sp³-hybridized carbons (Fsp3) is 0.159. The molecule has 0 radical (unpaired) electrons. The highest BCUT2D eigenvalue weighted by Gasteiger charge is 2.25. The number of imidazole rings is 1. The van der Waals surface area contributed by atoms with Gasteiger partial charge in [-0.25, -0.2) is 4.98 Å². The molecule has 47 heavy (non-hydrogen) atoms. The summed E-state index contributed by atoms with van der Waals surface area (Å²) in [5, 5.41) is 1.65. The minimum Gasteiger partial charge on any atom is -0.455 e. The van der Waals surface area contributed by atoms with Crippen molar-refractivity contribution in [3.63, 3.8) is 0 Å². The van der Waals surface area contributed by atoms with Gasteiger partial charge >= 0.3 is 0 Å². The molecule has 0 N–H and O–H groups in total. The quantitative estimate of drug-likeness (QED) is 0.187. The number of nitrogens with zero attached hydrogens (tertiary/aromatic N) is 2. The van der Waals surface area contributed by atoms with Gasteiger partial charge in [0.15, 0.2) is 0 Å². The van der Waals surface area contributed by atoms with Crippen molar-refractivity contribution >= 4 is 33.0 Å². The number of aromatic nitrogens is 2. The molecular formula is C44H38N2O. The zero-order chi connectivity index (χ0) is 34.7. The number of benzene rings is 6. The molecule has 0 aliphatic rings. The van der Waals surface area contributed by atoms with E-state index in [1.54, 1.807) is 12.1 Å². The monoisotopic (exact) mass is 613 g/mol. The standard InChI is InChI=1S/C44H38N2O/c1-27(2)37-25-33(32-23-21-31(22-24-32)30-14-7-6-8-15-30)26-38(28(3)4)41(37)46-40-20-10-9-19-39(40)45-44(46)36-18-12-17-35-34-16-11-13-29(5)42(34)47-43(35)36/h6-28H,1-5H3/i5D3. The van der Waals surface area contributed by atoms with Gasteiger partial charge in [0, 0.05) is 14.9 Å². The molecule has 0 fully saturated rings. The van der Waals surface area contributed by atoms with E-state index < -0.39 is 6.85 Å². The summed E-state index contributed by atoms with van der Waals surface area (Å²) in [6, 6.07) is 43.6. The van der Waals surface area contributed by atoms with Crippen LogP contribution in [0.1, 0.15) is 60.3 Å². The maximum atomic E-state index is 8.18.